The van der Waals surface area contributed by atoms with E-state index >= 15 is 0 Å². The van der Waals surface area contributed by atoms with Crippen LogP contribution in [0.2, 0.25) is 0 Å². The average Bonchev–Trinajstić information content (AvgIpc) is 3.82. The van der Waals surface area contributed by atoms with Gasteiger partial charge in [-0.1, -0.05) is 81.3 Å². The molecule has 2 unspecified atom stereocenters. The summed E-state index contributed by atoms with van der Waals surface area (Å²) in [4.78, 5) is 17.7. The lowest BCUT2D eigenvalue weighted by Gasteiger charge is -2.27. The van der Waals surface area contributed by atoms with E-state index in [1.807, 2.05) is 16.9 Å². The molecule has 43 heavy (non-hydrogen) atoms. The molecule has 3 aromatic carbocycles. The Kier molecular flexibility index (Phi) is 7.87. The predicted octanol–water partition coefficient (Wildman–Crippen LogP) is 10.1. The number of anilines is 2. The Morgan fingerprint density at radius 1 is 0.860 bits per heavy atom. The van der Waals surface area contributed by atoms with Gasteiger partial charge >= 0.3 is 0 Å². The van der Waals surface area contributed by atoms with Crippen LogP contribution >= 0.6 is 11.3 Å². The summed E-state index contributed by atoms with van der Waals surface area (Å²) in [6, 6.07) is 24.9. The minimum atomic E-state index is 0.527. The number of hydrogen-bond donors (Lipinski definition) is 0. The number of aromatic nitrogens is 3. The van der Waals surface area contributed by atoms with Crippen molar-refractivity contribution in [3.8, 4) is 21.6 Å². The van der Waals surface area contributed by atoms with Gasteiger partial charge in [-0.05, 0) is 73.7 Å². The minimum Gasteiger partial charge on any atom is -0.338 e. The van der Waals surface area contributed by atoms with Gasteiger partial charge in [0, 0.05) is 39.3 Å². The van der Waals surface area contributed by atoms with E-state index in [1.165, 1.54) is 90.8 Å². The first kappa shape index (κ1) is 28.0. The zero-order valence-corrected chi connectivity index (χ0v) is 26.1. The average molecular weight is 589 g/mol. The highest BCUT2D eigenvalue weighted by atomic mass is 32.1. The summed E-state index contributed by atoms with van der Waals surface area (Å²) in [6.07, 6.45) is 12.1. The van der Waals surface area contributed by atoms with Crippen molar-refractivity contribution in [3.63, 3.8) is 0 Å². The largest absolute Gasteiger partial charge is 0.338 e. The zero-order chi connectivity index (χ0) is 29.3. The molecular formula is C37H40N4OS. The molecule has 0 radical (unpaired) electrons. The van der Waals surface area contributed by atoms with Gasteiger partial charge < -0.3 is 4.90 Å². The molecule has 2 aliphatic rings. The molecule has 6 heteroatoms. The van der Waals surface area contributed by atoms with Crippen LogP contribution in [0.3, 0.4) is 0 Å². The first-order valence-electron chi connectivity index (χ1n) is 16.1. The molecule has 1 fully saturated rings. The monoisotopic (exact) mass is 588 g/mol. The van der Waals surface area contributed by atoms with Crippen LogP contribution in [0.15, 0.2) is 66.7 Å². The SMILES string of the molecule is CCCCCCCCn1nc2c(-c3ccc4c(c3)C3CCCC3N4c3ccc(C)cc3)ccc(-c3ccc(C=O)s3)c2n1. The Hall–Kier alpha value is -3.77. The highest BCUT2D eigenvalue weighted by Gasteiger charge is 2.42. The molecule has 0 saturated heterocycles. The predicted molar refractivity (Wildman–Crippen MR) is 179 cm³/mol. The minimum absolute atomic E-state index is 0.527. The molecule has 2 atom stereocenters. The molecule has 2 aromatic heterocycles. The summed E-state index contributed by atoms with van der Waals surface area (Å²) in [5.74, 6) is 0.558. The van der Waals surface area contributed by atoms with Crippen molar-refractivity contribution in [1.82, 2.24) is 15.0 Å². The number of aldehydes is 1. The number of rotatable bonds is 11. The van der Waals surface area contributed by atoms with Crippen molar-refractivity contribution in [2.45, 2.75) is 90.1 Å². The van der Waals surface area contributed by atoms with E-state index in [0.29, 0.717) is 12.0 Å². The Morgan fingerprint density at radius 2 is 1.63 bits per heavy atom. The normalized spacial score (nSPS) is 17.5. The third kappa shape index (κ3) is 5.31. The molecule has 220 valence electrons. The fourth-order valence-electron chi connectivity index (χ4n) is 7.23. The smallest absolute Gasteiger partial charge is 0.160 e. The molecular weight excluding hydrogens is 549 g/mol. The van der Waals surface area contributed by atoms with Gasteiger partial charge in [0.25, 0.3) is 0 Å². The van der Waals surface area contributed by atoms with Gasteiger partial charge in [-0.25, -0.2) is 0 Å². The van der Waals surface area contributed by atoms with E-state index in [4.69, 9.17) is 10.2 Å². The lowest BCUT2D eigenvalue weighted by atomic mass is 9.93. The second-order valence-electron chi connectivity index (χ2n) is 12.3. The van der Waals surface area contributed by atoms with Crippen LogP contribution in [0.4, 0.5) is 11.4 Å². The summed E-state index contributed by atoms with van der Waals surface area (Å²) in [7, 11) is 0. The highest BCUT2D eigenvalue weighted by Crippen LogP contribution is 2.53. The number of hydrogen-bond acceptors (Lipinski definition) is 5. The van der Waals surface area contributed by atoms with E-state index in [2.05, 4.69) is 73.3 Å². The molecule has 1 aliphatic heterocycles. The summed E-state index contributed by atoms with van der Waals surface area (Å²) in [5.41, 5.74) is 10.7. The molecule has 0 spiro atoms. The summed E-state index contributed by atoms with van der Waals surface area (Å²) < 4.78 is 0. The Bertz CT molecular complexity index is 1750. The maximum absolute atomic E-state index is 11.4. The van der Waals surface area contributed by atoms with E-state index in [1.54, 1.807) is 0 Å². The van der Waals surface area contributed by atoms with Gasteiger partial charge in [-0.15, -0.1) is 11.3 Å². The van der Waals surface area contributed by atoms with E-state index < -0.39 is 0 Å². The zero-order valence-electron chi connectivity index (χ0n) is 25.3. The van der Waals surface area contributed by atoms with Crippen LogP contribution in [0.1, 0.15) is 91.4 Å². The third-order valence-electron chi connectivity index (χ3n) is 9.42. The van der Waals surface area contributed by atoms with Gasteiger partial charge in [0.15, 0.2) is 6.29 Å². The van der Waals surface area contributed by atoms with Crippen molar-refractivity contribution in [3.05, 3.63) is 82.7 Å². The first-order valence-corrected chi connectivity index (χ1v) is 16.9. The van der Waals surface area contributed by atoms with Crippen molar-refractivity contribution >= 4 is 40.0 Å². The standard InChI is InChI=1S/C37H40N4OS/c1-3-4-5-6-7-8-22-40-38-36-29(18-19-31(37(36)39-40)35-21-17-28(24-42)43-35)26-14-20-34-32(23-26)30-10-9-11-33(30)41(34)27-15-12-25(2)13-16-27/h12-21,23-24,30,33H,3-11,22H2,1-2H3. The fraction of sp³-hybridized carbons (Fsp3) is 0.378. The topological polar surface area (TPSA) is 51.0 Å². The number of unbranched alkanes of at least 4 members (excludes halogenated alkanes) is 5. The summed E-state index contributed by atoms with van der Waals surface area (Å²) in [6.45, 7) is 5.23. The molecule has 1 aliphatic carbocycles. The second-order valence-corrected chi connectivity index (χ2v) is 13.4. The first-order chi connectivity index (χ1) is 21.1. The van der Waals surface area contributed by atoms with Crippen LogP contribution in [0.5, 0.6) is 0 Å². The van der Waals surface area contributed by atoms with Crippen molar-refractivity contribution < 1.29 is 4.79 Å². The van der Waals surface area contributed by atoms with Crippen LogP contribution in [-0.4, -0.2) is 27.3 Å². The maximum Gasteiger partial charge on any atom is 0.160 e. The quantitative estimate of drug-likeness (QED) is 0.114. The molecule has 0 bridgehead atoms. The second kappa shape index (κ2) is 12.1. The number of thiophene rings is 1. The van der Waals surface area contributed by atoms with Crippen molar-refractivity contribution in [2.75, 3.05) is 4.90 Å². The number of fused-ring (bicyclic) bond motifs is 4. The number of nitrogens with zero attached hydrogens (tertiary/aromatic N) is 4. The Labute approximate surface area is 258 Å². The van der Waals surface area contributed by atoms with Gasteiger partial charge in [-0.2, -0.15) is 15.0 Å². The molecule has 5 nitrogen and oxygen atoms in total. The number of aryl methyl sites for hydroxylation is 2. The summed E-state index contributed by atoms with van der Waals surface area (Å²) >= 11 is 1.52. The van der Waals surface area contributed by atoms with Gasteiger partial charge in [0.2, 0.25) is 0 Å². The Balaban J connectivity index is 1.27. The molecule has 0 amide bonds. The molecule has 1 saturated carbocycles. The van der Waals surface area contributed by atoms with E-state index in [0.717, 1.165) is 51.2 Å². The number of benzene rings is 3. The molecule has 0 N–H and O–H groups in total. The number of carbonyl (C=O) groups is 1. The number of carbonyl (C=O) groups excluding carboxylic acids is 1. The van der Waals surface area contributed by atoms with Crippen LogP contribution in [0.25, 0.3) is 32.6 Å². The van der Waals surface area contributed by atoms with Gasteiger partial charge in [-0.3, -0.25) is 4.79 Å². The van der Waals surface area contributed by atoms with E-state index in [9.17, 15) is 4.79 Å². The van der Waals surface area contributed by atoms with Crippen LogP contribution in [-0.2, 0) is 6.54 Å². The van der Waals surface area contributed by atoms with Gasteiger partial charge in [0.1, 0.15) is 11.0 Å². The Morgan fingerprint density at radius 3 is 2.42 bits per heavy atom. The van der Waals surface area contributed by atoms with Gasteiger partial charge in [0.05, 0.1) is 11.4 Å². The lowest BCUT2D eigenvalue weighted by Crippen LogP contribution is -2.26. The fourth-order valence-corrected chi connectivity index (χ4v) is 8.08. The van der Waals surface area contributed by atoms with Crippen molar-refractivity contribution in [2.24, 2.45) is 0 Å². The van der Waals surface area contributed by atoms with E-state index in [-0.39, 0.29) is 0 Å². The van der Waals surface area contributed by atoms with Crippen LogP contribution < -0.4 is 4.90 Å². The molecule has 7 rings (SSSR count). The third-order valence-corrected chi connectivity index (χ3v) is 10.5. The molecule has 3 heterocycles. The van der Waals surface area contributed by atoms with Crippen molar-refractivity contribution in [1.29, 1.82) is 0 Å². The molecule has 5 aromatic rings. The summed E-state index contributed by atoms with van der Waals surface area (Å²) in [5, 5.41) is 10.1. The van der Waals surface area contributed by atoms with Crippen LogP contribution in [0, 0.1) is 6.92 Å². The lowest BCUT2D eigenvalue weighted by molar-refractivity contribution is 0.112. The highest BCUT2D eigenvalue weighted by molar-refractivity contribution is 7.17. The maximum atomic E-state index is 11.4.